The molecule has 24 heavy (non-hydrogen) atoms. The maximum atomic E-state index is 13.5. The van der Waals surface area contributed by atoms with Gasteiger partial charge in [-0.05, 0) is 40.5 Å². The molecule has 0 saturated carbocycles. The van der Waals surface area contributed by atoms with Gasteiger partial charge in [-0.1, -0.05) is 6.42 Å². The lowest BCUT2D eigenvalue weighted by atomic mass is 9.94. The van der Waals surface area contributed by atoms with Crippen molar-refractivity contribution in [1.29, 1.82) is 5.26 Å². The van der Waals surface area contributed by atoms with E-state index in [0.717, 1.165) is 6.54 Å². The van der Waals surface area contributed by atoms with Gasteiger partial charge in [-0.15, -0.1) is 0 Å². The van der Waals surface area contributed by atoms with Crippen LogP contribution in [0.15, 0.2) is 0 Å². The lowest BCUT2D eigenvalue weighted by Crippen LogP contribution is -2.57. The van der Waals surface area contributed by atoms with Gasteiger partial charge in [0.15, 0.2) is 0 Å². The second-order valence-corrected chi connectivity index (χ2v) is 8.06. The van der Waals surface area contributed by atoms with E-state index >= 15 is 0 Å². The van der Waals surface area contributed by atoms with Crippen molar-refractivity contribution in [2.45, 2.75) is 83.2 Å². The quantitative estimate of drug-likeness (QED) is 0.834. The van der Waals surface area contributed by atoms with Gasteiger partial charge in [-0.25, -0.2) is 4.39 Å². The number of carbonyl (C=O) groups is 1. The minimum absolute atomic E-state index is 0.0410. The topological polar surface area (TPSA) is 59.4 Å². The fraction of sp³-hybridized carbons (Fsp3) is 0.889. The molecule has 6 heteroatoms. The maximum absolute atomic E-state index is 13.5. The molecule has 136 valence electrons. The second-order valence-electron chi connectivity index (χ2n) is 8.06. The Morgan fingerprint density at radius 3 is 2.54 bits per heavy atom. The zero-order valence-corrected chi connectivity index (χ0v) is 15.4. The smallest absolute Gasteiger partial charge is 0.237 e. The second kappa shape index (κ2) is 7.79. The van der Waals surface area contributed by atoms with Crippen LogP contribution in [0.1, 0.15) is 53.4 Å². The van der Waals surface area contributed by atoms with Crippen LogP contribution in [0, 0.1) is 11.3 Å². The lowest BCUT2D eigenvalue weighted by Gasteiger charge is -2.43. The van der Waals surface area contributed by atoms with Crippen LogP contribution in [0.4, 0.5) is 4.39 Å². The third-order valence-corrected chi connectivity index (χ3v) is 5.39. The number of likely N-dealkylation sites (tertiary alicyclic amines) is 2. The van der Waals surface area contributed by atoms with Crippen molar-refractivity contribution in [3.8, 4) is 6.07 Å². The van der Waals surface area contributed by atoms with E-state index in [-0.39, 0.29) is 31.0 Å². The molecule has 2 aliphatic rings. The summed E-state index contributed by atoms with van der Waals surface area (Å²) in [4.78, 5) is 16.2. The molecule has 4 atom stereocenters. The third kappa shape index (κ3) is 4.67. The minimum Gasteiger partial charge on any atom is -0.323 e. The van der Waals surface area contributed by atoms with Crippen LogP contribution >= 0.6 is 0 Å². The molecule has 0 bridgehead atoms. The molecule has 1 N–H and O–H groups in total. The van der Waals surface area contributed by atoms with E-state index < -0.39 is 12.2 Å². The van der Waals surface area contributed by atoms with Crippen molar-refractivity contribution < 1.29 is 9.18 Å². The summed E-state index contributed by atoms with van der Waals surface area (Å²) in [5, 5.41) is 12.4. The van der Waals surface area contributed by atoms with E-state index in [1.165, 1.54) is 24.2 Å². The highest BCUT2D eigenvalue weighted by Crippen LogP contribution is 2.24. The summed E-state index contributed by atoms with van der Waals surface area (Å²) < 4.78 is 13.5. The van der Waals surface area contributed by atoms with Crippen LogP contribution < -0.4 is 5.32 Å². The molecule has 3 unspecified atom stereocenters. The number of alkyl halides is 1. The van der Waals surface area contributed by atoms with Crippen LogP contribution in [0.25, 0.3) is 0 Å². The van der Waals surface area contributed by atoms with Gasteiger partial charge >= 0.3 is 0 Å². The maximum Gasteiger partial charge on any atom is 0.237 e. The first-order chi connectivity index (χ1) is 11.2. The molecule has 0 spiro atoms. The Kier molecular flexibility index (Phi) is 6.22. The largest absolute Gasteiger partial charge is 0.323 e. The summed E-state index contributed by atoms with van der Waals surface area (Å²) in [6, 6.07) is 2.51. The molecule has 2 saturated heterocycles. The Morgan fingerprint density at radius 2 is 1.96 bits per heavy atom. The standard InChI is InChI=1S/C18H31FN4O/c1-13-6-5-7-14(2)23(13)12-18(3,4)21-10-17(24)22-11-15(19)8-16(22)9-20/h13-16,21H,5-8,10-12H2,1-4H3/t13?,14?,15-,16?/m0/s1. The number of nitrogens with one attached hydrogen (secondary N) is 1. The molecular formula is C18H31FN4O. The van der Waals surface area contributed by atoms with Crippen molar-refractivity contribution in [3.05, 3.63) is 0 Å². The minimum atomic E-state index is -1.08. The number of hydrogen-bond donors (Lipinski definition) is 1. The van der Waals surface area contributed by atoms with Crippen LogP contribution in [-0.4, -0.2) is 65.2 Å². The zero-order chi connectivity index (χ0) is 17.9. The molecule has 0 aromatic carbocycles. The fourth-order valence-corrected chi connectivity index (χ4v) is 3.90. The zero-order valence-electron chi connectivity index (χ0n) is 15.4. The number of piperidine rings is 1. The van der Waals surface area contributed by atoms with E-state index in [1.807, 2.05) is 6.07 Å². The highest BCUT2D eigenvalue weighted by Gasteiger charge is 2.36. The number of nitrogens with zero attached hydrogens (tertiary/aromatic N) is 3. The van der Waals surface area contributed by atoms with Crippen LogP contribution in [0.3, 0.4) is 0 Å². The van der Waals surface area contributed by atoms with Crippen molar-refractivity contribution in [1.82, 2.24) is 15.1 Å². The number of halogens is 1. The first-order valence-electron chi connectivity index (χ1n) is 9.07. The van der Waals surface area contributed by atoms with Gasteiger partial charge in [0.2, 0.25) is 5.91 Å². The highest BCUT2D eigenvalue weighted by molar-refractivity contribution is 5.79. The summed E-state index contributed by atoms with van der Waals surface area (Å²) in [5.41, 5.74) is -0.216. The monoisotopic (exact) mass is 338 g/mol. The summed E-state index contributed by atoms with van der Waals surface area (Å²) in [7, 11) is 0. The molecule has 0 aromatic heterocycles. The van der Waals surface area contributed by atoms with Crippen molar-refractivity contribution >= 4 is 5.91 Å². The Morgan fingerprint density at radius 1 is 1.33 bits per heavy atom. The number of rotatable bonds is 5. The van der Waals surface area contributed by atoms with Crippen molar-refractivity contribution in [2.24, 2.45) is 0 Å². The average Bonchev–Trinajstić information content (AvgIpc) is 2.90. The fourth-order valence-electron chi connectivity index (χ4n) is 3.90. The molecule has 2 fully saturated rings. The number of nitriles is 1. The average molecular weight is 338 g/mol. The molecule has 0 aliphatic carbocycles. The molecule has 2 rings (SSSR count). The summed E-state index contributed by atoms with van der Waals surface area (Å²) in [6.45, 7) is 9.78. The third-order valence-electron chi connectivity index (χ3n) is 5.39. The number of carbonyl (C=O) groups excluding carboxylic acids is 1. The lowest BCUT2D eigenvalue weighted by molar-refractivity contribution is -0.130. The van der Waals surface area contributed by atoms with E-state index in [4.69, 9.17) is 5.26 Å². The SMILES string of the molecule is CC1CCCC(C)N1CC(C)(C)NCC(=O)N1C[C@@H](F)CC1C#N. The summed E-state index contributed by atoms with van der Waals surface area (Å²) >= 11 is 0. The molecule has 5 nitrogen and oxygen atoms in total. The van der Waals surface area contributed by atoms with Gasteiger partial charge in [0, 0.05) is 30.6 Å². The highest BCUT2D eigenvalue weighted by atomic mass is 19.1. The predicted octanol–water partition coefficient (Wildman–Crippen LogP) is 2.08. The molecule has 0 radical (unpaired) electrons. The Bertz CT molecular complexity index is 480. The van der Waals surface area contributed by atoms with Gasteiger partial charge in [0.25, 0.3) is 0 Å². The van der Waals surface area contributed by atoms with E-state index in [9.17, 15) is 9.18 Å². The molecular weight excluding hydrogens is 307 g/mol. The summed E-state index contributed by atoms with van der Waals surface area (Å²) in [6.07, 6.45) is 2.76. The van der Waals surface area contributed by atoms with Crippen LogP contribution in [-0.2, 0) is 4.79 Å². The molecule has 1 amide bonds. The molecule has 2 heterocycles. The number of hydrogen-bond acceptors (Lipinski definition) is 4. The normalized spacial score (nSPS) is 31.9. The first kappa shape index (κ1) is 19.1. The Labute approximate surface area is 145 Å². The number of amides is 1. The van der Waals surface area contributed by atoms with Gasteiger partial charge in [0.05, 0.1) is 19.2 Å². The Balaban J connectivity index is 1.87. The van der Waals surface area contributed by atoms with Gasteiger partial charge in [0.1, 0.15) is 12.2 Å². The van der Waals surface area contributed by atoms with Crippen LogP contribution in [0.2, 0.25) is 0 Å². The van der Waals surface area contributed by atoms with Gasteiger partial charge in [-0.2, -0.15) is 5.26 Å². The summed E-state index contributed by atoms with van der Waals surface area (Å²) in [5.74, 6) is -0.186. The predicted molar refractivity (Wildman–Crippen MR) is 92.2 cm³/mol. The Hall–Kier alpha value is -1.19. The van der Waals surface area contributed by atoms with Gasteiger partial charge < -0.3 is 10.2 Å². The molecule has 2 aliphatic heterocycles. The first-order valence-corrected chi connectivity index (χ1v) is 9.07. The van der Waals surface area contributed by atoms with E-state index in [2.05, 4.69) is 37.9 Å². The van der Waals surface area contributed by atoms with Gasteiger partial charge in [-0.3, -0.25) is 9.69 Å². The molecule has 0 aromatic rings. The van der Waals surface area contributed by atoms with Crippen molar-refractivity contribution in [2.75, 3.05) is 19.6 Å². The van der Waals surface area contributed by atoms with Crippen LogP contribution in [0.5, 0.6) is 0 Å². The van der Waals surface area contributed by atoms with E-state index in [1.54, 1.807) is 0 Å². The van der Waals surface area contributed by atoms with Crippen molar-refractivity contribution in [3.63, 3.8) is 0 Å². The van der Waals surface area contributed by atoms with E-state index in [0.29, 0.717) is 12.1 Å².